The highest BCUT2D eigenvalue weighted by Crippen LogP contribution is 2.00. The van der Waals surface area contributed by atoms with E-state index in [0.29, 0.717) is 6.42 Å². The average Bonchev–Trinajstić information content (AvgIpc) is 1.99. The first kappa shape index (κ1) is 9.01. The van der Waals surface area contributed by atoms with Crippen molar-refractivity contribution in [1.82, 2.24) is 0 Å². The topological polar surface area (TPSA) is 46.5 Å². The van der Waals surface area contributed by atoms with E-state index in [9.17, 15) is 4.79 Å². The van der Waals surface area contributed by atoms with Gasteiger partial charge in [-0.1, -0.05) is 0 Å². The number of hydrogen-bond donors (Lipinski definition) is 1. The van der Waals surface area contributed by atoms with Crippen molar-refractivity contribution in [3.63, 3.8) is 0 Å². The molecule has 0 spiro atoms. The zero-order valence-electron chi connectivity index (χ0n) is 6.26. The van der Waals surface area contributed by atoms with Crippen LogP contribution in [0.4, 0.5) is 0 Å². The lowest BCUT2D eigenvalue weighted by atomic mass is 10.2. The van der Waals surface area contributed by atoms with Gasteiger partial charge in [-0.25, -0.2) is 0 Å². The van der Waals surface area contributed by atoms with E-state index in [0.717, 1.165) is 0 Å². The lowest BCUT2D eigenvalue weighted by Gasteiger charge is -1.97. The third-order valence-electron chi connectivity index (χ3n) is 1.15. The van der Waals surface area contributed by atoms with Crippen LogP contribution < -0.4 is 0 Å². The van der Waals surface area contributed by atoms with Crippen molar-refractivity contribution in [2.45, 2.75) is 19.8 Å². The Hall–Kier alpha value is -0.990. The van der Waals surface area contributed by atoms with Gasteiger partial charge in [-0.3, -0.25) is 4.79 Å². The summed E-state index contributed by atoms with van der Waals surface area (Å²) < 4.78 is 4.37. The highest BCUT2D eigenvalue weighted by molar-refractivity contribution is 5.69. The number of carbonyl (C=O) groups excluding carboxylic acids is 1. The van der Waals surface area contributed by atoms with Gasteiger partial charge in [0.1, 0.15) is 0 Å². The third-order valence-corrected chi connectivity index (χ3v) is 1.15. The molecule has 3 heteroatoms. The zero-order valence-corrected chi connectivity index (χ0v) is 6.26. The number of rotatable bonds is 3. The van der Waals surface area contributed by atoms with Crippen LogP contribution in [0, 0.1) is 0 Å². The van der Waals surface area contributed by atoms with Crippen LogP contribution in [-0.2, 0) is 9.53 Å². The molecule has 0 aromatic heterocycles. The predicted molar refractivity (Wildman–Crippen MR) is 37.6 cm³/mol. The number of aliphatic hydroxyl groups excluding tert-OH is 1. The van der Waals surface area contributed by atoms with Crippen LogP contribution in [0.25, 0.3) is 0 Å². The molecule has 1 N–H and O–H groups in total. The number of ether oxygens (including phenoxy) is 1. The summed E-state index contributed by atoms with van der Waals surface area (Å²) >= 11 is 0. The Labute approximate surface area is 60.3 Å². The third kappa shape index (κ3) is 3.95. The molecule has 0 heterocycles. The van der Waals surface area contributed by atoms with Crippen LogP contribution in [0.3, 0.4) is 0 Å². The lowest BCUT2D eigenvalue weighted by Crippen LogP contribution is -1.99. The van der Waals surface area contributed by atoms with Crippen molar-refractivity contribution in [3.05, 3.63) is 11.8 Å². The second-order valence-electron chi connectivity index (χ2n) is 1.86. The molecular formula is C7H12O3. The highest BCUT2D eigenvalue weighted by Gasteiger charge is 2.00. The van der Waals surface area contributed by atoms with Crippen molar-refractivity contribution in [1.29, 1.82) is 0 Å². The van der Waals surface area contributed by atoms with Gasteiger partial charge in [0.15, 0.2) is 0 Å². The van der Waals surface area contributed by atoms with Crippen LogP contribution in [0.15, 0.2) is 11.8 Å². The largest absolute Gasteiger partial charge is 0.513 e. The van der Waals surface area contributed by atoms with E-state index in [-0.39, 0.29) is 18.1 Å². The Bertz CT molecular complexity index is 138. The average molecular weight is 144 g/mol. The van der Waals surface area contributed by atoms with Crippen LogP contribution in [0.5, 0.6) is 0 Å². The molecule has 0 amide bonds. The second-order valence-corrected chi connectivity index (χ2v) is 1.86. The van der Waals surface area contributed by atoms with Gasteiger partial charge in [-0.2, -0.15) is 0 Å². The van der Waals surface area contributed by atoms with Gasteiger partial charge >= 0.3 is 5.97 Å². The Balaban J connectivity index is 3.45. The first-order valence-corrected chi connectivity index (χ1v) is 3.11. The monoisotopic (exact) mass is 144 g/mol. The van der Waals surface area contributed by atoms with Gasteiger partial charge in [0.2, 0.25) is 0 Å². The van der Waals surface area contributed by atoms with E-state index >= 15 is 0 Å². The van der Waals surface area contributed by atoms with Crippen LogP contribution in [0.2, 0.25) is 0 Å². The molecule has 58 valence electrons. The quantitative estimate of drug-likeness (QED) is 0.481. The Morgan fingerprint density at radius 2 is 2.20 bits per heavy atom. The van der Waals surface area contributed by atoms with Crippen molar-refractivity contribution in [2.75, 3.05) is 7.11 Å². The molecule has 10 heavy (non-hydrogen) atoms. The van der Waals surface area contributed by atoms with Crippen molar-refractivity contribution >= 4 is 5.97 Å². The summed E-state index contributed by atoms with van der Waals surface area (Å²) in [5.41, 5.74) is 0. The lowest BCUT2D eigenvalue weighted by molar-refractivity contribution is -0.140. The van der Waals surface area contributed by atoms with Gasteiger partial charge < -0.3 is 9.84 Å². The maximum atomic E-state index is 10.5. The molecule has 0 rings (SSSR count). The van der Waals surface area contributed by atoms with Crippen molar-refractivity contribution in [3.8, 4) is 0 Å². The summed E-state index contributed by atoms with van der Waals surface area (Å²) in [5, 5.41) is 8.86. The maximum Gasteiger partial charge on any atom is 0.305 e. The molecule has 0 fully saturated rings. The molecule has 0 aliphatic heterocycles. The highest BCUT2D eigenvalue weighted by atomic mass is 16.5. The maximum absolute atomic E-state index is 10.5. The van der Waals surface area contributed by atoms with Crippen LogP contribution in [-0.4, -0.2) is 18.2 Å². The SMILES string of the molecule is C/C=C(\O)CCC(=O)OC. The fourth-order valence-corrected chi connectivity index (χ4v) is 0.477. The van der Waals surface area contributed by atoms with Gasteiger partial charge in [0.05, 0.1) is 19.3 Å². The van der Waals surface area contributed by atoms with E-state index in [1.54, 1.807) is 13.0 Å². The van der Waals surface area contributed by atoms with Gasteiger partial charge in [0, 0.05) is 6.42 Å². The summed E-state index contributed by atoms with van der Waals surface area (Å²) in [4.78, 5) is 10.5. The normalized spacial score (nSPS) is 11.2. The molecule has 0 aromatic carbocycles. The molecule has 0 aliphatic rings. The summed E-state index contributed by atoms with van der Waals surface area (Å²) in [7, 11) is 1.33. The molecule has 0 saturated heterocycles. The fourth-order valence-electron chi connectivity index (χ4n) is 0.477. The molecular weight excluding hydrogens is 132 g/mol. The molecule has 0 atom stereocenters. The first-order chi connectivity index (χ1) is 4.70. The molecule has 0 unspecified atom stereocenters. The molecule has 0 radical (unpaired) electrons. The zero-order chi connectivity index (χ0) is 7.98. The van der Waals surface area contributed by atoms with Gasteiger partial charge in [-0.05, 0) is 13.0 Å². The van der Waals surface area contributed by atoms with E-state index < -0.39 is 0 Å². The minimum Gasteiger partial charge on any atom is -0.513 e. The smallest absolute Gasteiger partial charge is 0.305 e. The number of methoxy groups -OCH3 is 1. The van der Waals surface area contributed by atoms with Crippen molar-refractivity contribution in [2.24, 2.45) is 0 Å². The molecule has 0 bridgehead atoms. The number of aliphatic hydroxyl groups is 1. The second kappa shape index (κ2) is 4.85. The van der Waals surface area contributed by atoms with Gasteiger partial charge in [0.25, 0.3) is 0 Å². The van der Waals surface area contributed by atoms with Gasteiger partial charge in [-0.15, -0.1) is 0 Å². The Morgan fingerprint density at radius 1 is 1.60 bits per heavy atom. The first-order valence-electron chi connectivity index (χ1n) is 3.11. The Morgan fingerprint density at radius 3 is 2.60 bits per heavy atom. The molecule has 0 saturated carbocycles. The Kier molecular flexibility index (Phi) is 4.37. The summed E-state index contributed by atoms with van der Waals surface area (Å²) in [6.07, 6.45) is 2.17. The number of hydrogen-bond acceptors (Lipinski definition) is 3. The van der Waals surface area contributed by atoms with E-state index in [2.05, 4.69) is 4.74 Å². The van der Waals surface area contributed by atoms with E-state index in [4.69, 9.17) is 5.11 Å². The summed E-state index contributed by atoms with van der Waals surface area (Å²) in [5.74, 6) is -0.0706. The van der Waals surface area contributed by atoms with Crippen LogP contribution in [0.1, 0.15) is 19.8 Å². The number of esters is 1. The van der Waals surface area contributed by atoms with E-state index in [1.807, 2.05) is 0 Å². The van der Waals surface area contributed by atoms with Crippen LogP contribution >= 0.6 is 0 Å². The fraction of sp³-hybridized carbons (Fsp3) is 0.571. The molecule has 0 aromatic rings. The minimum absolute atomic E-state index is 0.227. The standard InChI is InChI=1S/C7H12O3/c1-3-6(8)4-5-7(9)10-2/h3,8H,4-5H2,1-2H3/b6-3-. The summed E-state index contributed by atoms with van der Waals surface area (Å²) in [6.45, 7) is 1.71. The minimum atomic E-state index is -0.298. The number of allylic oxidation sites excluding steroid dienone is 2. The summed E-state index contributed by atoms with van der Waals surface area (Å²) in [6, 6.07) is 0. The number of carbonyl (C=O) groups is 1. The predicted octanol–water partition coefficient (Wildman–Crippen LogP) is 1.40. The molecule has 0 aliphatic carbocycles. The molecule has 3 nitrogen and oxygen atoms in total. The van der Waals surface area contributed by atoms with Crippen molar-refractivity contribution < 1.29 is 14.6 Å². The van der Waals surface area contributed by atoms with E-state index in [1.165, 1.54) is 7.11 Å².